The molecule has 0 unspecified atom stereocenters. The van der Waals surface area contributed by atoms with Crippen LogP contribution in [-0.2, 0) is 21.5 Å². The summed E-state index contributed by atoms with van der Waals surface area (Å²) >= 11 is 0. The zero-order chi connectivity index (χ0) is 18.9. The van der Waals surface area contributed by atoms with Gasteiger partial charge in [-0.2, -0.15) is 5.10 Å². The number of rotatable bonds is 6. The first-order chi connectivity index (χ1) is 13.2. The summed E-state index contributed by atoms with van der Waals surface area (Å²) < 4.78 is 5.25. The predicted molar refractivity (Wildman–Crippen MR) is 105 cm³/mol. The van der Waals surface area contributed by atoms with Gasteiger partial charge in [-0.05, 0) is 42.0 Å². The van der Waals surface area contributed by atoms with Crippen molar-refractivity contribution in [2.75, 3.05) is 6.61 Å². The van der Waals surface area contributed by atoms with E-state index in [0.29, 0.717) is 13.2 Å². The Balaban J connectivity index is 1.55. The average molecular weight is 361 g/mol. The predicted octanol–water partition coefficient (Wildman–Crippen LogP) is 3.80. The fourth-order valence-corrected chi connectivity index (χ4v) is 3.55. The summed E-state index contributed by atoms with van der Waals surface area (Å²) in [6, 6.07) is 16.6. The standard InChI is InChI=1S/C22H23N3O2/c1-2-27-21(26)22(11-12-22)18-9-7-16(8-10-18)15-3-5-17(6-4-15)19-14-24-25-20(19)13-23/h3-10,14H,2,11-13,23H2,1H3,(H,24,25). The molecule has 1 fully saturated rings. The highest BCUT2D eigenvalue weighted by Gasteiger charge is 2.52. The summed E-state index contributed by atoms with van der Waals surface area (Å²) in [5, 5.41) is 7.00. The Morgan fingerprint density at radius 3 is 2.22 bits per heavy atom. The van der Waals surface area contributed by atoms with Crippen molar-refractivity contribution in [2.45, 2.75) is 31.7 Å². The SMILES string of the molecule is CCOC(=O)C1(c2ccc(-c3ccc(-c4cn[nH]c4CN)cc3)cc2)CC1. The highest BCUT2D eigenvalue weighted by molar-refractivity contribution is 5.87. The maximum absolute atomic E-state index is 12.2. The number of nitrogens with one attached hydrogen (secondary N) is 1. The van der Waals surface area contributed by atoms with Gasteiger partial charge >= 0.3 is 5.97 Å². The lowest BCUT2D eigenvalue weighted by atomic mass is 9.93. The van der Waals surface area contributed by atoms with Crippen LogP contribution in [0.1, 0.15) is 31.0 Å². The highest BCUT2D eigenvalue weighted by Crippen LogP contribution is 2.49. The van der Waals surface area contributed by atoms with E-state index in [9.17, 15) is 4.79 Å². The molecular formula is C22H23N3O2. The summed E-state index contributed by atoms with van der Waals surface area (Å²) in [5.74, 6) is -0.0991. The van der Waals surface area contributed by atoms with Crippen molar-refractivity contribution >= 4 is 5.97 Å². The minimum atomic E-state index is -0.418. The Morgan fingerprint density at radius 2 is 1.67 bits per heavy atom. The average Bonchev–Trinajstić information content (AvgIpc) is 3.39. The minimum absolute atomic E-state index is 0.0991. The van der Waals surface area contributed by atoms with Crippen LogP contribution in [-0.4, -0.2) is 22.8 Å². The van der Waals surface area contributed by atoms with Gasteiger partial charge in [0, 0.05) is 12.1 Å². The molecule has 0 aliphatic heterocycles. The van der Waals surface area contributed by atoms with Crippen LogP contribution in [0.25, 0.3) is 22.3 Å². The van der Waals surface area contributed by atoms with Crippen molar-refractivity contribution in [1.29, 1.82) is 0 Å². The van der Waals surface area contributed by atoms with E-state index in [1.807, 2.05) is 6.92 Å². The molecule has 4 rings (SSSR count). The molecule has 1 aliphatic carbocycles. The van der Waals surface area contributed by atoms with E-state index in [1.165, 1.54) is 0 Å². The first-order valence-corrected chi connectivity index (χ1v) is 9.29. The smallest absolute Gasteiger partial charge is 0.316 e. The lowest BCUT2D eigenvalue weighted by Gasteiger charge is -2.14. The minimum Gasteiger partial charge on any atom is -0.465 e. The van der Waals surface area contributed by atoms with Crippen LogP contribution in [0, 0.1) is 0 Å². The summed E-state index contributed by atoms with van der Waals surface area (Å²) in [6.07, 6.45) is 3.54. The van der Waals surface area contributed by atoms with Crippen molar-refractivity contribution in [3.63, 3.8) is 0 Å². The molecule has 0 atom stereocenters. The lowest BCUT2D eigenvalue weighted by molar-refractivity contribution is -0.146. The third-order valence-electron chi connectivity index (χ3n) is 5.31. The number of ether oxygens (including phenoxy) is 1. The van der Waals surface area contributed by atoms with Gasteiger partial charge in [-0.1, -0.05) is 48.5 Å². The van der Waals surface area contributed by atoms with Gasteiger partial charge in [0.15, 0.2) is 0 Å². The molecule has 138 valence electrons. The van der Waals surface area contributed by atoms with Gasteiger partial charge in [0.1, 0.15) is 0 Å². The monoisotopic (exact) mass is 361 g/mol. The van der Waals surface area contributed by atoms with Crippen LogP contribution in [0.4, 0.5) is 0 Å². The number of nitrogens with zero attached hydrogens (tertiary/aromatic N) is 1. The van der Waals surface area contributed by atoms with Gasteiger partial charge < -0.3 is 10.5 Å². The molecule has 1 saturated carbocycles. The van der Waals surface area contributed by atoms with Crippen LogP contribution >= 0.6 is 0 Å². The van der Waals surface area contributed by atoms with Crippen molar-refractivity contribution in [2.24, 2.45) is 5.73 Å². The van der Waals surface area contributed by atoms with E-state index in [0.717, 1.165) is 46.4 Å². The highest BCUT2D eigenvalue weighted by atomic mass is 16.5. The Kier molecular flexibility index (Phi) is 4.54. The maximum atomic E-state index is 12.2. The number of hydrogen-bond acceptors (Lipinski definition) is 4. The number of carbonyl (C=O) groups excluding carboxylic acids is 1. The Labute approximate surface area is 158 Å². The van der Waals surface area contributed by atoms with Gasteiger partial charge in [0.25, 0.3) is 0 Å². The topological polar surface area (TPSA) is 81.0 Å². The molecule has 1 heterocycles. The van der Waals surface area contributed by atoms with Gasteiger partial charge in [-0.25, -0.2) is 0 Å². The first-order valence-electron chi connectivity index (χ1n) is 9.29. The zero-order valence-corrected chi connectivity index (χ0v) is 15.4. The molecule has 2 aromatic carbocycles. The Morgan fingerprint density at radius 1 is 1.07 bits per heavy atom. The van der Waals surface area contributed by atoms with E-state index in [1.54, 1.807) is 6.20 Å². The number of nitrogens with two attached hydrogens (primary N) is 1. The number of aromatic nitrogens is 2. The molecule has 0 bridgehead atoms. The van der Waals surface area contributed by atoms with E-state index >= 15 is 0 Å². The molecular weight excluding hydrogens is 338 g/mol. The second-order valence-corrected chi connectivity index (χ2v) is 6.92. The third kappa shape index (κ3) is 3.15. The molecule has 1 aliphatic rings. The van der Waals surface area contributed by atoms with Crippen LogP contribution in [0.15, 0.2) is 54.7 Å². The molecule has 5 heteroatoms. The maximum Gasteiger partial charge on any atom is 0.316 e. The van der Waals surface area contributed by atoms with E-state index < -0.39 is 5.41 Å². The van der Waals surface area contributed by atoms with Gasteiger partial charge in [-0.15, -0.1) is 0 Å². The molecule has 5 nitrogen and oxygen atoms in total. The molecule has 0 amide bonds. The summed E-state index contributed by atoms with van der Waals surface area (Å²) in [6.45, 7) is 2.70. The van der Waals surface area contributed by atoms with Crippen molar-refractivity contribution in [1.82, 2.24) is 10.2 Å². The molecule has 0 radical (unpaired) electrons. The van der Waals surface area contributed by atoms with Crippen molar-refractivity contribution in [3.8, 4) is 22.3 Å². The molecule has 3 aromatic rings. The third-order valence-corrected chi connectivity index (χ3v) is 5.31. The van der Waals surface area contributed by atoms with Gasteiger partial charge in [-0.3, -0.25) is 9.89 Å². The molecule has 0 spiro atoms. The number of esters is 1. The zero-order valence-electron chi connectivity index (χ0n) is 15.4. The number of aromatic amines is 1. The molecule has 27 heavy (non-hydrogen) atoms. The molecule has 1 aromatic heterocycles. The Hall–Kier alpha value is -2.92. The fraction of sp³-hybridized carbons (Fsp3) is 0.273. The fourth-order valence-electron chi connectivity index (χ4n) is 3.55. The van der Waals surface area contributed by atoms with Crippen LogP contribution in [0.3, 0.4) is 0 Å². The molecule has 3 N–H and O–H groups in total. The summed E-state index contributed by atoms with van der Waals surface area (Å²) in [7, 11) is 0. The first kappa shape index (κ1) is 17.5. The molecule has 0 saturated heterocycles. The van der Waals surface area contributed by atoms with Gasteiger partial charge in [0.2, 0.25) is 0 Å². The number of benzene rings is 2. The second kappa shape index (κ2) is 7.00. The summed E-state index contributed by atoms with van der Waals surface area (Å²) in [5.41, 5.74) is 11.7. The quantitative estimate of drug-likeness (QED) is 0.655. The second-order valence-electron chi connectivity index (χ2n) is 6.92. The van der Waals surface area contributed by atoms with E-state index in [2.05, 4.69) is 58.7 Å². The van der Waals surface area contributed by atoms with Gasteiger partial charge in [0.05, 0.1) is 23.9 Å². The largest absolute Gasteiger partial charge is 0.465 e. The van der Waals surface area contributed by atoms with E-state index in [4.69, 9.17) is 10.5 Å². The Bertz CT molecular complexity index is 938. The van der Waals surface area contributed by atoms with E-state index in [-0.39, 0.29) is 5.97 Å². The van der Waals surface area contributed by atoms with Crippen LogP contribution in [0.5, 0.6) is 0 Å². The number of hydrogen-bond donors (Lipinski definition) is 2. The van der Waals surface area contributed by atoms with Crippen LogP contribution < -0.4 is 5.73 Å². The van der Waals surface area contributed by atoms with Crippen LogP contribution in [0.2, 0.25) is 0 Å². The lowest BCUT2D eigenvalue weighted by Crippen LogP contribution is -2.23. The normalized spacial score (nSPS) is 14.7. The number of carbonyl (C=O) groups is 1. The number of H-pyrrole nitrogens is 1. The van der Waals surface area contributed by atoms with Crippen molar-refractivity contribution in [3.05, 3.63) is 66.0 Å². The van der Waals surface area contributed by atoms with Crippen molar-refractivity contribution < 1.29 is 9.53 Å². The summed E-state index contributed by atoms with van der Waals surface area (Å²) in [4.78, 5) is 12.2.